The lowest BCUT2D eigenvalue weighted by molar-refractivity contribution is -0.164. The number of fused-ring (bicyclic) bond motifs is 3. The van der Waals surface area contributed by atoms with Crippen molar-refractivity contribution in [2.24, 2.45) is 11.3 Å². The molecule has 6 aliphatic rings. The van der Waals surface area contributed by atoms with E-state index in [-0.39, 0.29) is 40.2 Å². The number of carbonyl (C=O) groups is 2. The monoisotopic (exact) mass is 350 g/mol. The van der Waals surface area contributed by atoms with Gasteiger partial charge < -0.3 is 15.0 Å². The van der Waals surface area contributed by atoms with Crippen LogP contribution in [0.15, 0.2) is 36.4 Å². The van der Waals surface area contributed by atoms with Crippen molar-refractivity contribution in [2.75, 3.05) is 19.0 Å². The number of ether oxygens (including phenoxy) is 1. The Labute approximate surface area is 152 Å². The van der Waals surface area contributed by atoms with Crippen LogP contribution < -0.4 is 5.32 Å². The van der Waals surface area contributed by atoms with Crippen molar-refractivity contribution in [3.05, 3.63) is 42.0 Å². The second-order valence-corrected chi connectivity index (χ2v) is 8.64. The summed E-state index contributed by atoms with van der Waals surface area (Å²) in [5.74, 6) is -0.187. The minimum atomic E-state index is -0.351. The predicted molar refractivity (Wildman–Crippen MR) is 95.5 cm³/mol. The first kappa shape index (κ1) is 14.8. The summed E-state index contributed by atoms with van der Waals surface area (Å²) in [5, 5.41) is 3.80. The summed E-state index contributed by atoms with van der Waals surface area (Å²) in [7, 11) is 1.49. The molecule has 3 aliphatic heterocycles. The van der Waals surface area contributed by atoms with Crippen molar-refractivity contribution >= 4 is 17.6 Å². The predicted octanol–water partition coefficient (Wildman–Crippen LogP) is 2.23. The molecular weight excluding hydrogens is 328 g/mol. The topological polar surface area (TPSA) is 58.6 Å². The highest BCUT2D eigenvalue weighted by molar-refractivity contribution is 5.91. The molecular formula is C21H22N2O3. The van der Waals surface area contributed by atoms with E-state index in [1.807, 2.05) is 6.07 Å². The molecule has 3 heterocycles. The number of anilines is 1. The van der Waals surface area contributed by atoms with Gasteiger partial charge in [-0.15, -0.1) is 0 Å². The molecule has 3 spiro atoms. The van der Waals surface area contributed by atoms with Gasteiger partial charge in [0.15, 0.2) is 0 Å². The molecule has 1 unspecified atom stereocenters. The highest BCUT2D eigenvalue weighted by Gasteiger charge is 2.79. The van der Waals surface area contributed by atoms with Crippen molar-refractivity contribution in [1.82, 2.24) is 4.90 Å². The number of esters is 1. The number of carbonyl (C=O) groups excluding carboxylic acids is 2. The third-order valence-corrected chi connectivity index (χ3v) is 8.12. The zero-order chi connectivity index (χ0) is 17.7. The maximum Gasteiger partial charge on any atom is 0.311 e. The third kappa shape index (κ3) is 1.30. The molecule has 5 atom stereocenters. The summed E-state index contributed by atoms with van der Waals surface area (Å²) >= 11 is 0. The van der Waals surface area contributed by atoms with E-state index in [1.54, 1.807) is 6.08 Å². The minimum Gasteiger partial charge on any atom is -0.469 e. The fraction of sp³-hybridized carbons (Fsp3) is 0.524. The van der Waals surface area contributed by atoms with E-state index in [1.165, 1.54) is 12.7 Å². The molecule has 7 rings (SSSR count). The van der Waals surface area contributed by atoms with Crippen molar-refractivity contribution in [3.63, 3.8) is 0 Å². The molecule has 5 heteroatoms. The summed E-state index contributed by atoms with van der Waals surface area (Å²) in [5.41, 5.74) is 1.73. The third-order valence-electron chi connectivity index (χ3n) is 8.12. The van der Waals surface area contributed by atoms with E-state index in [0.29, 0.717) is 0 Å². The van der Waals surface area contributed by atoms with Gasteiger partial charge in [0.1, 0.15) is 0 Å². The van der Waals surface area contributed by atoms with Crippen LogP contribution in [-0.4, -0.2) is 42.0 Å². The van der Waals surface area contributed by atoms with Crippen LogP contribution in [0.25, 0.3) is 0 Å². The highest BCUT2D eigenvalue weighted by Crippen LogP contribution is 2.73. The van der Waals surface area contributed by atoms with Gasteiger partial charge in [-0.05, 0) is 43.4 Å². The van der Waals surface area contributed by atoms with Crippen LogP contribution in [0.1, 0.15) is 31.2 Å². The summed E-state index contributed by atoms with van der Waals surface area (Å²) in [4.78, 5) is 27.6. The first-order valence-corrected chi connectivity index (χ1v) is 9.53. The Morgan fingerprint density at radius 3 is 2.96 bits per heavy atom. The van der Waals surface area contributed by atoms with E-state index >= 15 is 0 Å². The maximum absolute atomic E-state index is 12.9. The highest BCUT2D eigenvalue weighted by atomic mass is 16.5. The normalized spacial score (nSPS) is 43.6. The van der Waals surface area contributed by atoms with Gasteiger partial charge in [-0.1, -0.05) is 24.3 Å². The molecule has 1 amide bonds. The Morgan fingerprint density at radius 1 is 1.27 bits per heavy atom. The smallest absolute Gasteiger partial charge is 0.311 e. The Balaban J connectivity index is 1.68. The summed E-state index contributed by atoms with van der Waals surface area (Å²) in [6.07, 6.45) is 7.48. The van der Waals surface area contributed by atoms with E-state index < -0.39 is 0 Å². The first-order chi connectivity index (χ1) is 12.6. The number of hydrogen-bond acceptors (Lipinski definition) is 4. The number of nitrogens with one attached hydrogen (secondary N) is 1. The first-order valence-electron chi connectivity index (χ1n) is 9.53. The van der Waals surface area contributed by atoms with E-state index in [0.717, 1.165) is 37.9 Å². The molecule has 134 valence electrons. The SMILES string of the molecule is COC(=O)C1C[C@]23C=CC(=O)N4CC[C@@]5(c6ccccc6N[C@@]15CC2)[C@@H]43. The molecule has 26 heavy (non-hydrogen) atoms. The van der Waals surface area contributed by atoms with Crippen LogP contribution in [0.5, 0.6) is 0 Å². The van der Waals surface area contributed by atoms with Crippen molar-refractivity contribution < 1.29 is 14.3 Å². The summed E-state index contributed by atoms with van der Waals surface area (Å²) in [6, 6.07) is 8.59. The average molecular weight is 350 g/mol. The van der Waals surface area contributed by atoms with Crippen molar-refractivity contribution in [3.8, 4) is 0 Å². The molecule has 0 aromatic heterocycles. The van der Waals surface area contributed by atoms with Crippen LogP contribution in [0, 0.1) is 11.3 Å². The van der Waals surface area contributed by atoms with Gasteiger partial charge in [0.2, 0.25) is 5.91 Å². The number of methoxy groups -OCH3 is 1. The molecule has 3 aliphatic carbocycles. The van der Waals surface area contributed by atoms with Crippen LogP contribution in [0.2, 0.25) is 0 Å². The second-order valence-electron chi connectivity index (χ2n) is 8.64. The Hall–Kier alpha value is -2.30. The zero-order valence-electron chi connectivity index (χ0n) is 14.8. The van der Waals surface area contributed by atoms with Crippen LogP contribution in [0.4, 0.5) is 5.69 Å². The molecule has 1 saturated heterocycles. The number of nitrogens with zero attached hydrogens (tertiary/aromatic N) is 1. The van der Waals surface area contributed by atoms with Crippen molar-refractivity contribution in [1.29, 1.82) is 0 Å². The van der Waals surface area contributed by atoms with Gasteiger partial charge in [0.25, 0.3) is 0 Å². The van der Waals surface area contributed by atoms with E-state index in [9.17, 15) is 9.59 Å². The van der Waals surface area contributed by atoms with Gasteiger partial charge >= 0.3 is 5.97 Å². The number of para-hydroxylation sites is 1. The molecule has 2 bridgehead atoms. The molecule has 1 aromatic rings. The van der Waals surface area contributed by atoms with Crippen LogP contribution in [0.3, 0.4) is 0 Å². The van der Waals surface area contributed by atoms with Gasteiger partial charge in [-0.2, -0.15) is 0 Å². The van der Waals surface area contributed by atoms with E-state index in [4.69, 9.17) is 4.74 Å². The summed E-state index contributed by atoms with van der Waals surface area (Å²) in [6.45, 7) is 0.765. The van der Waals surface area contributed by atoms with Crippen molar-refractivity contribution in [2.45, 2.75) is 42.7 Å². The molecule has 3 saturated carbocycles. The summed E-state index contributed by atoms with van der Waals surface area (Å²) < 4.78 is 5.26. The molecule has 1 aromatic carbocycles. The number of benzene rings is 1. The fourth-order valence-electron chi connectivity index (χ4n) is 7.38. The fourth-order valence-corrected chi connectivity index (χ4v) is 7.38. The molecule has 1 N–H and O–H groups in total. The number of rotatable bonds is 1. The van der Waals surface area contributed by atoms with Gasteiger partial charge in [-0.25, -0.2) is 0 Å². The van der Waals surface area contributed by atoms with Crippen LogP contribution in [-0.2, 0) is 19.7 Å². The maximum atomic E-state index is 12.9. The zero-order valence-corrected chi connectivity index (χ0v) is 14.8. The molecule has 4 fully saturated rings. The standard InChI is InChI=1S/C21H22N2O3/c1-26-17(25)14-12-19-7-6-16(24)23-11-10-20(18(19)23)13-4-2-3-5-15(13)22-21(14,20)9-8-19/h2-7,14,18,22H,8-12H2,1H3/t14?,18-,19-,20+,21-/m0/s1. The van der Waals surface area contributed by atoms with Gasteiger partial charge in [0, 0.05) is 23.1 Å². The Kier molecular flexibility index (Phi) is 2.47. The lowest BCUT2D eigenvalue weighted by Crippen LogP contribution is -2.76. The lowest BCUT2D eigenvalue weighted by atomic mass is 9.40. The molecule has 0 radical (unpaired) electrons. The Bertz CT molecular complexity index is 895. The number of hydrogen-bond donors (Lipinski definition) is 1. The second kappa shape index (κ2) is 4.33. The average Bonchev–Trinajstić information content (AvgIpc) is 3.23. The minimum absolute atomic E-state index is 0.119. The van der Waals surface area contributed by atoms with Gasteiger partial charge in [0.05, 0.1) is 24.6 Å². The Morgan fingerprint density at radius 2 is 2.12 bits per heavy atom. The quantitative estimate of drug-likeness (QED) is 0.789. The lowest BCUT2D eigenvalue weighted by Gasteiger charge is -2.67. The van der Waals surface area contributed by atoms with Crippen LogP contribution >= 0.6 is 0 Å². The van der Waals surface area contributed by atoms with Gasteiger partial charge in [-0.3, -0.25) is 9.59 Å². The van der Waals surface area contributed by atoms with E-state index in [2.05, 4.69) is 34.5 Å². The number of amides is 1. The largest absolute Gasteiger partial charge is 0.469 e. The molecule has 5 nitrogen and oxygen atoms in total.